The molecule has 0 fully saturated rings. The molecule has 2 N–H and O–H groups in total. The van der Waals surface area contributed by atoms with E-state index in [4.69, 9.17) is 23.2 Å². The highest BCUT2D eigenvalue weighted by Crippen LogP contribution is 2.32. The van der Waals surface area contributed by atoms with Crippen LogP contribution in [0.4, 0.5) is 11.4 Å². The molecule has 1 aromatic carbocycles. The van der Waals surface area contributed by atoms with Crippen molar-refractivity contribution in [2.24, 2.45) is 0 Å². The first kappa shape index (κ1) is 8.73. The summed E-state index contributed by atoms with van der Waals surface area (Å²) in [6, 6.07) is 5.98. The fraction of sp³-hybridized carbons (Fsp3) is 0.111. The van der Waals surface area contributed by atoms with E-state index < -0.39 is 0 Å². The summed E-state index contributed by atoms with van der Waals surface area (Å²) in [4.78, 5) is 0. The topological polar surface area (TPSA) is 24.1 Å². The van der Waals surface area contributed by atoms with Gasteiger partial charge in [0.05, 0.1) is 11.4 Å². The van der Waals surface area contributed by atoms with Crippen LogP contribution in [0.5, 0.6) is 0 Å². The molecule has 1 heterocycles. The van der Waals surface area contributed by atoms with Crippen molar-refractivity contribution in [3.63, 3.8) is 0 Å². The first-order chi connectivity index (χ1) is 6.16. The summed E-state index contributed by atoms with van der Waals surface area (Å²) in [5.74, 6) is 0. The lowest BCUT2D eigenvalue weighted by molar-refractivity contribution is 1.37. The van der Waals surface area contributed by atoms with Gasteiger partial charge in [-0.2, -0.15) is 0 Å². The van der Waals surface area contributed by atoms with Crippen molar-refractivity contribution in [1.82, 2.24) is 0 Å². The largest absolute Gasteiger partial charge is 0.342 e. The summed E-state index contributed by atoms with van der Waals surface area (Å²) < 4.78 is 0. The lowest BCUT2D eigenvalue weighted by atomic mass is 10.2. The van der Waals surface area contributed by atoms with Gasteiger partial charge in [0.15, 0.2) is 0 Å². The van der Waals surface area contributed by atoms with Crippen LogP contribution in [-0.2, 0) is 0 Å². The van der Waals surface area contributed by atoms with Crippen molar-refractivity contribution < 1.29 is 0 Å². The average molecular weight is 215 g/mol. The smallest absolute Gasteiger partial charge is 0.142 e. The molecule has 0 aliphatic carbocycles. The molecule has 13 heavy (non-hydrogen) atoms. The van der Waals surface area contributed by atoms with E-state index >= 15 is 0 Å². The monoisotopic (exact) mass is 214 g/mol. The molecule has 1 aliphatic rings. The van der Waals surface area contributed by atoms with Crippen molar-refractivity contribution in [2.75, 3.05) is 10.6 Å². The highest BCUT2D eigenvalue weighted by Gasteiger charge is 2.13. The maximum Gasteiger partial charge on any atom is 0.142 e. The van der Waals surface area contributed by atoms with Crippen molar-refractivity contribution in [1.29, 1.82) is 0 Å². The number of benzene rings is 1. The molecule has 1 aliphatic heterocycles. The van der Waals surface area contributed by atoms with E-state index in [0.29, 0.717) is 10.3 Å². The molecule has 68 valence electrons. The van der Waals surface area contributed by atoms with Gasteiger partial charge in [0, 0.05) is 0 Å². The fourth-order valence-electron chi connectivity index (χ4n) is 1.22. The highest BCUT2D eigenvalue weighted by molar-refractivity contribution is 6.41. The zero-order chi connectivity index (χ0) is 9.42. The summed E-state index contributed by atoms with van der Waals surface area (Å²) in [6.07, 6.45) is 0. The lowest BCUT2D eigenvalue weighted by Gasteiger charge is -2.19. The fourth-order valence-corrected chi connectivity index (χ4v) is 1.51. The van der Waals surface area contributed by atoms with Crippen LogP contribution < -0.4 is 10.6 Å². The first-order valence-corrected chi connectivity index (χ1v) is 4.62. The molecular formula is C9H8Cl2N2. The van der Waals surface area contributed by atoms with E-state index in [9.17, 15) is 0 Å². The lowest BCUT2D eigenvalue weighted by Crippen LogP contribution is -2.10. The predicted octanol–water partition coefficient (Wildman–Crippen LogP) is 3.44. The molecule has 0 atom stereocenters. The van der Waals surface area contributed by atoms with Gasteiger partial charge in [-0.3, -0.25) is 0 Å². The SMILES string of the molecule is Cc1ccc2c(c1)NC(Cl)=C(Cl)N2. The van der Waals surface area contributed by atoms with Crippen LogP contribution in [0.3, 0.4) is 0 Å². The average Bonchev–Trinajstić information content (AvgIpc) is 2.08. The summed E-state index contributed by atoms with van der Waals surface area (Å²) in [5, 5.41) is 6.85. The predicted molar refractivity (Wildman–Crippen MR) is 57.2 cm³/mol. The second kappa shape index (κ2) is 3.13. The maximum atomic E-state index is 5.82. The quantitative estimate of drug-likeness (QED) is 0.647. The van der Waals surface area contributed by atoms with Gasteiger partial charge in [0.25, 0.3) is 0 Å². The van der Waals surface area contributed by atoms with Crippen molar-refractivity contribution in [2.45, 2.75) is 6.92 Å². The van der Waals surface area contributed by atoms with Crippen molar-refractivity contribution in [3.05, 3.63) is 34.1 Å². The molecule has 0 saturated heterocycles. The van der Waals surface area contributed by atoms with Crippen LogP contribution in [0.2, 0.25) is 0 Å². The number of fused-ring (bicyclic) bond motifs is 1. The van der Waals surface area contributed by atoms with Gasteiger partial charge >= 0.3 is 0 Å². The Morgan fingerprint density at radius 3 is 2.31 bits per heavy atom. The molecule has 0 bridgehead atoms. The third-order valence-corrected chi connectivity index (χ3v) is 2.52. The van der Waals surface area contributed by atoms with Gasteiger partial charge in [-0.05, 0) is 24.6 Å². The Balaban J connectivity index is 2.44. The number of rotatable bonds is 0. The number of halogens is 2. The Bertz CT molecular complexity index is 385. The molecule has 2 rings (SSSR count). The van der Waals surface area contributed by atoms with Crippen molar-refractivity contribution >= 4 is 34.6 Å². The zero-order valence-corrected chi connectivity index (χ0v) is 8.50. The van der Waals surface area contributed by atoms with E-state index in [1.54, 1.807) is 0 Å². The molecule has 0 radical (unpaired) electrons. The van der Waals surface area contributed by atoms with Gasteiger partial charge < -0.3 is 10.6 Å². The van der Waals surface area contributed by atoms with Gasteiger partial charge in [-0.25, -0.2) is 0 Å². The van der Waals surface area contributed by atoms with Gasteiger partial charge in [0.1, 0.15) is 10.3 Å². The highest BCUT2D eigenvalue weighted by atomic mass is 35.5. The molecule has 0 spiro atoms. The minimum atomic E-state index is 0.429. The minimum absolute atomic E-state index is 0.429. The van der Waals surface area contributed by atoms with Gasteiger partial charge in [-0.15, -0.1) is 0 Å². The second-order valence-electron chi connectivity index (χ2n) is 2.93. The van der Waals surface area contributed by atoms with Gasteiger partial charge in [0.2, 0.25) is 0 Å². The van der Waals surface area contributed by atoms with E-state index in [0.717, 1.165) is 11.4 Å². The maximum absolute atomic E-state index is 5.82. The third kappa shape index (κ3) is 1.60. The van der Waals surface area contributed by atoms with E-state index in [2.05, 4.69) is 10.6 Å². The Morgan fingerprint density at radius 1 is 1.00 bits per heavy atom. The second-order valence-corrected chi connectivity index (χ2v) is 3.68. The summed E-state index contributed by atoms with van der Waals surface area (Å²) in [7, 11) is 0. The van der Waals surface area contributed by atoms with E-state index in [-0.39, 0.29) is 0 Å². The van der Waals surface area contributed by atoms with Crippen molar-refractivity contribution in [3.8, 4) is 0 Å². The third-order valence-electron chi connectivity index (χ3n) is 1.86. The normalized spacial score (nSPS) is 14.7. The number of aryl methyl sites for hydroxylation is 1. The molecule has 1 aromatic rings. The van der Waals surface area contributed by atoms with Crippen LogP contribution >= 0.6 is 23.2 Å². The molecule has 2 nitrogen and oxygen atoms in total. The van der Waals surface area contributed by atoms with Gasteiger partial charge in [-0.1, -0.05) is 29.3 Å². The van der Waals surface area contributed by atoms with Crippen LogP contribution in [0, 0.1) is 6.92 Å². The Morgan fingerprint density at radius 2 is 1.62 bits per heavy atom. The number of hydrogen-bond donors (Lipinski definition) is 2. The minimum Gasteiger partial charge on any atom is -0.342 e. The summed E-state index contributed by atoms with van der Waals surface area (Å²) in [5.41, 5.74) is 3.07. The van der Waals surface area contributed by atoms with Crippen LogP contribution in [0.25, 0.3) is 0 Å². The number of anilines is 2. The Kier molecular flexibility index (Phi) is 2.10. The molecule has 0 amide bonds. The molecule has 4 heteroatoms. The molecule has 0 unspecified atom stereocenters. The van der Waals surface area contributed by atoms with E-state index in [1.165, 1.54) is 5.56 Å². The molecular weight excluding hydrogens is 207 g/mol. The number of nitrogens with one attached hydrogen (secondary N) is 2. The zero-order valence-electron chi connectivity index (χ0n) is 6.99. The first-order valence-electron chi connectivity index (χ1n) is 3.87. The van der Waals surface area contributed by atoms with Crippen LogP contribution in [-0.4, -0.2) is 0 Å². The summed E-state index contributed by atoms with van der Waals surface area (Å²) >= 11 is 11.6. The van der Waals surface area contributed by atoms with Crippen LogP contribution in [0.1, 0.15) is 5.56 Å². The Hall–Kier alpha value is -0.860. The standard InChI is InChI=1S/C9H8Cl2N2/c1-5-2-3-6-7(4-5)13-9(11)8(10)12-6/h2-4,12-13H,1H3. The Labute approximate surface area is 86.5 Å². The summed E-state index contributed by atoms with van der Waals surface area (Å²) in [6.45, 7) is 2.02. The number of hydrogen-bond acceptors (Lipinski definition) is 2. The van der Waals surface area contributed by atoms with Crippen LogP contribution in [0.15, 0.2) is 28.5 Å². The molecule has 0 aromatic heterocycles. The molecule has 0 saturated carbocycles. The van der Waals surface area contributed by atoms with E-state index in [1.807, 2.05) is 25.1 Å².